The molecule has 0 aliphatic rings. The highest BCUT2D eigenvalue weighted by Crippen LogP contribution is 2.28. The summed E-state index contributed by atoms with van der Waals surface area (Å²) in [5.41, 5.74) is 4.30. The second kappa shape index (κ2) is 5.25. The largest absolute Gasteiger partial charge is 0.386 e. The summed E-state index contributed by atoms with van der Waals surface area (Å²) in [6, 6.07) is 16.3. The summed E-state index contributed by atoms with van der Waals surface area (Å²) in [6.07, 6.45) is 0. The zero-order valence-electron chi connectivity index (χ0n) is 10.1. The van der Waals surface area contributed by atoms with Gasteiger partial charge >= 0.3 is 0 Å². The van der Waals surface area contributed by atoms with Crippen LogP contribution in [0, 0.1) is 0 Å². The molecular weight excluding hydrogens is 210 g/mol. The molecule has 0 atom stereocenters. The molecule has 0 saturated heterocycles. The fourth-order valence-electron chi connectivity index (χ4n) is 1.77. The van der Waals surface area contributed by atoms with Crippen LogP contribution in [0.25, 0.3) is 0 Å². The van der Waals surface area contributed by atoms with Gasteiger partial charge in [0.05, 0.1) is 22.7 Å². The zero-order valence-corrected chi connectivity index (χ0v) is 10.1. The van der Waals surface area contributed by atoms with Crippen molar-refractivity contribution in [3.05, 3.63) is 48.5 Å². The first-order chi connectivity index (χ1) is 8.35. The van der Waals surface area contributed by atoms with E-state index in [4.69, 9.17) is 0 Å². The van der Waals surface area contributed by atoms with Crippen molar-refractivity contribution in [1.29, 1.82) is 0 Å². The first-order valence-electron chi connectivity index (χ1n) is 5.65. The Morgan fingerprint density at radius 2 is 0.941 bits per heavy atom. The molecule has 0 bridgehead atoms. The zero-order chi connectivity index (χ0) is 12.1. The molecule has 3 heteroatoms. The van der Waals surface area contributed by atoms with Gasteiger partial charge in [-0.2, -0.15) is 0 Å². The van der Waals surface area contributed by atoms with Crippen molar-refractivity contribution in [2.45, 2.75) is 0 Å². The minimum Gasteiger partial charge on any atom is -0.386 e. The molecule has 0 heterocycles. The lowest BCUT2D eigenvalue weighted by Crippen LogP contribution is -1.99. The van der Waals surface area contributed by atoms with E-state index in [1.54, 1.807) is 0 Å². The molecule has 0 saturated carbocycles. The topological polar surface area (TPSA) is 36.1 Å². The van der Waals surface area contributed by atoms with Gasteiger partial charge in [-0.25, -0.2) is 0 Å². The van der Waals surface area contributed by atoms with E-state index in [1.165, 1.54) is 0 Å². The Bertz CT molecular complexity index is 449. The molecule has 0 aromatic heterocycles. The molecule has 2 aromatic carbocycles. The third-order valence-electron chi connectivity index (χ3n) is 2.66. The Labute approximate surface area is 102 Å². The van der Waals surface area contributed by atoms with Gasteiger partial charge in [-0.15, -0.1) is 0 Å². The SMILES string of the molecule is CNc1ccccc1Nc1ccccc1NC. The Morgan fingerprint density at radius 1 is 0.588 bits per heavy atom. The van der Waals surface area contributed by atoms with Gasteiger partial charge in [-0.05, 0) is 24.3 Å². The molecular formula is C14H17N3. The van der Waals surface area contributed by atoms with E-state index in [2.05, 4.69) is 28.1 Å². The van der Waals surface area contributed by atoms with E-state index in [-0.39, 0.29) is 0 Å². The fourth-order valence-corrected chi connectivity index (χ4v) is 1.77. The molecule has 0 radical (unpaired) electrons. The summed E-state index contributed by atoms with van der Waals surface area (Å²) < 4.78 is 0. The molecule has 2 aromatic rings. The maximum atomic E-state index is 3.42. The third kappa shape index (κ3) is 2.50. The maximum absolute atomic E-state index is 3.42. The minimum absolute atomic E-state index is 1.07. The highest BCUT2D eigenvalue weighted by Gasteiger charge is 2.03. The van der Waals surface area contributed by atoms with Crippen molar-refractivity contribution in [2.75, 3.05) is 30.0 Å². The van der Waals surface area contributed by atoms with Gasteiger partial charge in [0.2, 0.25) is 0 Å². The van der Waals surface area contributed by atoms with Crippen LogP contribution < -0.4 is 16.0 Å². The molecule has 0 aliphatic carbocycles. The van der Waals surface area contributed by atoms with Gasteiger partial charge in [0.1, 0.15) is 0 Å². The number of hydrogen-bond acceptors (Lipinski definition) is 3. The lowest BCUT2D eigenvalue weighted by molar-refractivity contribution is 1.45. The van der Waals surface area contributed by atoms with Crippen molar-refractivity contribution in [3.8, 4) is 0 Å². The molecule has 88 valence electrons. The molecule has 2 rings (SSSR count). The van der Waals surface area contributed by atoms with Crippen LogP contribution in [0.1, 0.15) is 0 Å². The standard InChI is InChI=1S/C14H17N3/c1-15-11-7-3-5-9-13(11)17-14-10-6-4-8-12(14)16-2/h3-10,15-17H,1-2H3. The molecule has 0 fully saturated rings. The predicted molar refractivity (Wildman–Crippen MR) is 75.3 cm³/mol. The smallest absolute Gasteiger partial charge is 0.0620 e. The van der Waals surface area contributed by atoms with E-state index in [9.17, 15) is 0 Å². The van der Waals surface area contributed by atoms with Crippen molar-refractivity contribution in [1.82, 2.24) is 0 Å². The highest BCUT2D eigenvalue weighted by molar-refractivity contribution is 5.80. The van der Waals surface area contributed by atoms with Crippen LogP contribution in [0.4, 0.5) is 22.7 Å². The third-order valence-corrected chi connectivity index (χ3v) is 2.66. The van der Waals surface area contributed by atoms with Crippen molar-refractivity contribution >= 4 is 22.7 Å². The van der Waals surface area contributed by atoms with Crippen LogP contribution in [0.3, 0.4) is 0 Å². The quantitative estimate of drug-likeness (QED) is 0.748. The van der Waals surface area contributed by atoms with Crippen LogP contribution in [-0.4, -0.2) is 14.1 Å². The first kappa shape index (κ1) is 11.3. The predicted octanol–water partition coefficient (Wildman–Crippen LogP) is 3.51. The molecule has 0 spiro atoms. The summed E-state index contributed by atoms with van der Waals surface area (Å²) in [5.74, 6) is 0. The lowest BCUT2D eigenvalue weighted by Gasteiger charge is -2.14. The van der Waals surface area contributed by atoms with Gasteiger partial charge < -0.3 is 16.0 Å². The average Bonchev–Trinajstić information content (AvgIpc) is 2.40. The summed E-state index contributed by atoms with van der Waals surface area (Å²) in [5, 5.41) is 9.76. The van der Waals surface area contributed by atoms with E-state index in [1.807, 2.05) is 50.5 Å². The molecule has 3 N–H and O–H groups in total. The first-order valence-corrected chi connectivity index (χ1v) is 5.65. The van der Waals surface area contributed by atoms with Gasteiger partial charge in [0, 0.05) is 14.1 Å². The van der Waals surface area contributed by atoms with Crippen LogP contribution in [-0.2, 0) is 0 Å². The Morgan fingerprint density at radius 3 is 1.29 bits per heavy atom. The van der Waals surface area contributed by atoms with E-state index >= 15 is 0 Å². The van der Waals surface area contributed by atoms with Crippen LogP contribution in [0.15, 0.2) is 48.5 Å². The fraction of sp³-hybridized carbons (Fsp3) is 0.143. The highest BCUT2D eigenvalue weighted by atomic mass is 15.0. The van der Waals surface area contributed by atoms with E-state index in [0.29, 0.717) is 0 Å². The van der Waals surface area contributed by atoms with Crippen LogP contribution in [0.5, 0.6) is 0 Å². The minimum atomic E-state index is 1.07. The van der Waals surface area contributed by atoms with Crippen molar-refractivity contribution in [3.63, 3.8) is 0 Å². The molecule has 0 amide bonds. The molecule has 3 nitrogen and oxygen atoms in total. The van der Waals surface area contributed by atoms with Crippen LogP contribution >= 0.6 is 0 Å². The van der Waals surface area contributed by atoms with Crippen LogP contribution in [0.2, 0.25) is 0 Å². The number of para-hydroxylation sites is 4. The van der Waals surface area contributed by atoms with Gasteiger partial charge in [0.25, 0.3) is 0 Å². The molecule has 0 unspecified atom stereocenters. The normalized spacial score (nSPS) is 9.76. The Kier molecular flexibility index (Phi) is 3.50. The summed E-state index contributed by atoms with van der Waals surface area (Å²) >= 11 is 0. The molecule has 17 heavy (non-hydrogen) atoms. The monoisotopic (exact) mass is 227 g/mol. The number of benzene rings is 2. The van der Waals surface area contributed by atoms with Gasteiger partial charge in [0.15, 0.2) is 0 Å². The number of nitrogens with one attached hydrogen (secondary N) is 3. The maximum Gasteiger partial charge on any atom is 0.0620 e. The Balaban J connectivity index is 2.31. The van der Waals surface area contributed by atoms with E-state index in [0.717, 1.165) is 22.7 Å². The lowest BCUT2D eigenvalue weighted by atomic mass is 10.2. The summed E-state index contributed by atoms with van der Waals surface area (Å²) in [4.78, 5) is 0. The van der Waals surface area contributed by atoms with Crippen molar-refractivity contribution in [2.24, 2.45) is 0 Å². The second-order valence-corrected chi connectivity index (χ2v) is 3.72. The average molecular weight is 227 g/mol. The Hall–Kier alpha value is -2.16. The second-order valence-electron chi connectivity index (χ2n) is 3.72. The van der Waals surface area contributed by atoms with Gasteiger partial charge in [-0.3, -0.25) is 0 Å². The number of hydrogen-bond donors (Lipinski definition) is 3. The molecule has 0 aliphatic heterocycles. The summed E-state index contributed by atoms with van der Waals surface area (Å²) in [6.45, 7) is 0. The number of anilines is 4. The van der Waals surface area contributed by atoms with Crippen molar-refractivity contribution < 1.29 is 0 Å². The number of rotatable bonds is 4. The van der Waals surface area contributed by atoms with E-state index < -0.39 is 0 Å². The van der Waals surface area contributed by atoms with Gasteiger partial charge in [-0.1, -0.05) is 24.3 Å². The summed E-state index contributed by atoms with van der Waals surface area (Å²) in [7, 11) is 3.84.